The molecule has 0 unspecified atom stereocenters. The summed E-state index contributed by atoms with van der Waals surface area (Å²) >= 11 is 6.16. The van der Waals surface area contributed by atoms with Crippen LogP contribution in [0, 0.1) is 0 Å². The lowest BCUT2D eigenvalue weighted by molar-refractivity contribution is 0.415. The molecular weight excluding hydrogens is 312 g/mol. The minimum absolute atomic E-state index is 0.480. The van der Waals surface area contributed by atoms with Gasteiger partial charge in [0.1, 0.15) is 17.2 Å². The second-order valence-electron chi connectivity index (χ2n) is 5.28. The standard InChI is InChI=1S/C17H13ClN4O/c1-23-12-3-9(2-11(18)5-12)10-4-14-13-6-16(19)20-8-15(13)22-17(14)21-7-10/h2-8H,1H3,(H2,19,20)(H,21,22). The van der Waals surface area contributed by atoms with E-state index >= 15 is 0 Å². The predicted octanol–water partition coefficient (Wildman–Crippen LogP) is 4.02. The maximum atomic E-state index is 6.16. The molecule has 3 N–H and O–H groups in total. The number of hydrogen-bond donors (Lipinski definition) is 2. The summed E-state index contributed by atoms with van der Waals surface area (Å²) in [4.78, 5) is 11.8. The van der Waals surface area contributed by atoms with Crippen LogP contribution in [-0.4, -0.2) is 22.1 Å². The van der Waals surface area contributed by atoms with E-state index in [0.717, 1.165) is 33.1 Å². The molecule has 0 radical (unpaired) electrons. The van der Waals surface area contributed by atoms with E-state index in [1.54, 1.807) is 25.6 Å². The average Bonchev–Trinajstić information content (AvgIpc) is 2.91. The number of H-pyrrole nitrogens is 1. The fraction of sp³-hybridized carbons (Fsp3) is 0.0588. The fourth-order valence-electron chi connectivity index (χ4n) is 2.70. The first-order valence-electron chi connectivity index (χ1n) is 7.02. The number of pyridine rings is 2. The van der Waals surface area contributed by atoms with Gasteiger partial charge in [0, 0.05) is 27.6 Å². The molecule has 0 aliphatic rings. The van der Waals surface area contributed by atoms with E-state index < -0.39 is 0 Å². The van der Waals surface area contributed by atoms with Crippen molar-refractivity contribution in [1.29, 1.82) is 0 Å². The largest absolute Gasteiger partial charge is 0.497 e. The van der Waals surface area contributed by atoms with Gasteiger partial charge in [0.2, 0.25) is 0 Å². The summed E-state index contributed by atoms with van der Waals surface area (Å²) in [6.45, 7) is 0. The smallest absolute Gasteiger partial charge is 0.138 e. The average molecular weight is 325 g/mol. The quantitative estimate of drug-likeness (QED) is 0.584. The lowest BCUT2D eigenvalue weighted by atomic mass is 10.1. The number of nitrogens with zero attached hydrogens (tertiary/aromatic N) is 2. The van der Waals surface area contributed by atoms with Gasteiger partial charge >= 0.3 is 0 Å². The number of fused-ring (bicyclic) bond motifs is 3. The van der Waals surface area contributed by atoms with E-state index in [9.17, 15) is 0 Å². The van der Waals surface area contributed by atoms with Gasteiger partial charge in [-0.3, -0.25) is 0 Å². The Morgan fingerprint density at radius 2 is 1.87 bits per heavy atom. The number of ether oxygens (including phenoxy) is 1. The van der Waals surface area contributed by atoms with Crippen LogP contribution < -0.4 is 10.5 Å². The van der Waals surface area contributed by atoms with Gasteiger partial charge in [-0.15, -0.1) is 0 Å². The highest BCUT2D eigenvalue weighted by molar-refractivity contribution is 6.31. The lowest BCUT2D eigenvalue weighted by Crippen LogP contribution is -1.87. The Labute approximate surface area is 137 Å². The summed E-state index contributed by atoms with van der Waals surface area (Å²) in [6, 6.07) is 9.50. The molecule has 0 aliphatic heterocycles. The van der Waals surface area contributed by atoms with Crippen LogP contribution in [0.1, 0.15) is 0 Å². The van der Waals surface area contributed by atoms with Gasteiger partial charge in [0.05, 0.1) is 18.8 Å². The van der Waals surface area contributed by atoms with Crippen molar-refractivity contribution >= 4 is 39.4 Å². The Morgan fingerprint density at radius 3 is 2.70 bits per heavy atom. The Kier molecular flexibility index (Phi) is 3.09. The summed E-state index contributed by atoms with van der Waals surface area (Å²) in [6.07, 6.45) is 3.52. The summed E-state index contributed by atoms with van der Waals surface area (Å²) in [5.41, 5.74) is 9.40. The number of aromatic amines is 1. The zero-order valence-electron chi connectivity index (χ0n) is 12.3. The Hall–Kier alpha value is -2.79. The Balaban J connectivity index is 1.96. The monoisotopic (exact) mass is 324 g/mol. The van der Waals surface area contributed by atoms with Crippen LogP contribution in [0.4, 0.5) is 5.82 Å². The number of halogens is 1. The van der Waals surface area contributed by atoms with Crippen molar-refractivity contribution in [2.75, 3.05) is 12.8 Å². The Morgan fingerprint density at radius 1 is 1.00 bits per heavy atom. The van der Waals surface area contributed by atoms with Crippen molar-refractivity contribution < 1.29 is 4.74 Å². The molecule has 3 aromatic heterocycles. The number of rotatable bonds is 2. The highest BCUT2D eigenvalue weighted by Gasteiger charge is 2.09. The fourth-order valence-corrected chi connectivity index (χ4v) is 2.92. The zero-order chi connectivity index (χ0) is 16.0. The number of anilines is 1. The van der Waals surface area contributed by atoms with E-state index in [0.29, 0.717) is 16.6 Å². The molecular formula is C17H13ClN4O. The molecule has 0 spiro atoms. The van der Waals surface area contributed by atoms with Crippen molar-refractivity contribution in [3.8, 4) is 16.9 Å². The van der Waals surface area contributed by atoms with Gasteiger partial charge in [-0.05, 0) is 35.9 Å². The summed E-state index contributed by atoms with van der Waals surface area (Å²) in [5, 5.41) is 2.60. The Bertz CT molecular complexity index is 1040. The van der Waals surface area contributed by atoms with Crippen molar-refractivity contribution in [3.63, 3.8) is 0 Å². The number of benzene rings is 1. The molecule has 0 atom stereocenters. The highest BCUT2D eigenvalue weighted by atomic mass is 35.5. The van der Waals surface area contributed by atoms with E-state index in [4.69, 9.17) is 22.1 Å². The number of hydrogen-bond acceptors (Lipinski definition) is 4. The molecule has 114 valence electrons. The molecule has 0 saturated heterocycles. The lowest BCUT2D eigenvalue weighted by Gasteiger charge is -2.06. The molecule has 0 amide bonds. The van der Waals surface area contributed by atoms with Gasteiger partial charge in [0.25, 0.3) is 0 Å². The van der Waals surface area contributed by atoms with E-state index in [-0.39, 0.29) is 0 Å². The van der Waals surface area contributed by atoms with E-state index in [2.05, 4.69) is 21.0 Å². The van der Waals surface area contributed by atoms with Crippen LogP contribution in [0.2, 0.25) is 5.02 Å². The van der Waals surface area contributed by atoms with Crippen LogP contribution in [0.25, 0.3) is 33.1 Å². The van der Waals surface area contributed by atoms with Gasteiger partial charge < -0.3 is 15.5 Å². The molecule has 6 heteroatoms. The van der Waals surface area contributed by atoms with Crippen molar-refractivity contribution in [2.45, 2.75) is 0 Å². The molecule has 4 rings (SSSR count). The third-order valence-electron chi connectivity index (χ3n) is 3.80. The first-order valence-corrected chi connectivity index (χ1v) is 7.40. The van der Waals surface area contributed by atoms with Crippen molar-refractivity contribution in [1.82, 2.24) is 15.0 Å². The number of nitrogens with two attached hydrogens (primary N) is 1. The normalized spacial score (nSPS) is 11.2. The summed E-state index contributed by atoms with van der Waals surface area (Å²) in [5.74, 6) is 1.19. The molecule has 1 aromatic carbocycles. The van der Waals surface area contributed by atoms with Crippen LogP contribution in [0.5, 0.6) is 5.75 Å². The number of aromatic nitrogens is 3. The second-order valence-corrected chi connectivity index (χ2v) is 5.72. The minimum atomic E-state index is 0.480. The van der Waals surface area contributed by atoms with Crippen LogP contribution in [0.3, 0.4) is 0 Å². The van der Waals surface area contributed by atoms with Gasteiger partial charge in [-0.1, -0.05) is 11.6 Å². The maximum absolute atomic E-state index is 6.16. The third-order valence-corrected chi connectivity index (χ3v) is 4.01. The van der Waals surface area contributed by atoms with Crippen LogP contribution >= 0.6 is 11.6 Å². The summed E-state index contributed by atoms with van der Waals surface area (Å²) in [7, 11) is 1.62. The van der Waals surface area contributed by atoms with E-state index in [1.807, 2.05) is 18.2 Å². The molecule has 0 bridgehead atoms. The van der Waals surface area contributed by atoms with E-state index in [1.165, 1.54) is 0 Å². The van der Waals surface area contributed by atoms with Crippen molar-refractivity contribution in [2.24, 2.45) is 0 Å². The van der Waals surface area contributed by atoms with Crippen molar-refractivity contribution in [3.05, 3.63) is 47.7 Å². The molecule has 3 heterocycles. The minimum Gasteiger partial charge on any atom is -0.497 e. The first-order chi connectivity index (χ1) is 11.1. The third kappa shape index (κ3) is 2.35. The topological polar surface area (TPSA) is 76.8 Å². The van der Waals surface area contributed by atoms with Gasteiger partial charge in [-0.25, -0.2) is 9.97 Å². The molecule has 5 nitrogen and oxygen atoms in total. The first kappa shape index (κ1) is 13.8. The zero-order valence-corrected chi connectivity index (χ0v) is 13.1. The molecule has 23 heavy (non-hydrogen) atoms. The second kappa shape index (κ2) is 5.14. The SMILES string of the molecule is COc1cc(Cl)cc(-c2cnc3[nH]c4cnc(N)cc4c3c2)c1. The maximum Gasteiger partial charge on any atom is 0.138 e. The molecule has 0 aliphatic carbocycles. The predicted molar refractivity (Wildman–Crippen MR) is 92.8 cm³/mol. The number of nitrogen functional groups attached to an aromatic ring is 1. The number of methoxy groups -OCH3 is 1. The number of nitrogens with one attached hydrogen (secondary N) is 1. The highest BCUT2D eigenvalue weighted by Crippen LogP contribution is 2.32. The van der Waals surface area contributed by atoms with Crippen LogP contribution in [-0.2, 0) is 0 Å². The molecule has 4 aromatic rings. The molecule has 0 fully saturated rings. The van der Waals surface area contributed by atoms with Gasteiger partial charge in [-0.2, -0.15) is 0 Å². The molecule has 0 saturated carbocycles. The summed E-state index contributed by atoms with van der Waals surface area (Å²) < 4.78 is 5.28. The van der Waals surface area contributed by atoms with Crippen LogP contribution in [0.15, 0.2) is 42.7 Å². The van der Waals surface area contributed by atoms with Gasteiger partial charge in [0.15, 0.2) is 0 Å².